The highest BCUT2D eigenvalue weighted by atomic mass is 32.1. The first-order chi connectivity index (χ1) is 8.10. The van der Waals surface area contributed by atoms with Crippen molar-refractivity contribution >= 4 is 22.3 Å². The average Bonchev–Trinajstić information content (AvgIpc) is 2.64. The Hall–Kier alpha value is -1.14. The van der Waals surface area contributed by atoms with Gasteiger partial charge < -0.3 is 15.2 Å². The molecule has 0 atom stereocenters. The van der Waals surface area contributed by atoms with E-state index in [0.29, 0.717) is 5.00 Å². The van der Waals surface area contributed by atoms with Gasteiger partial charge in [-0.2, -0.15) is 0 Å². The van der Waals surface area contributed by atoms with E-state index in [1.807, 2.05) is 0 Å². The van der Waals surface area contributed by atoms with E-state index in [-0.39, 0.29) is 11.3 Å². The maximum atomic E-state index is 11.4. The summed E-state index contributed by atoms with van der Waals surface area (Å²) >= 11 is 1.34. The third kappa shape index (κ3) is 2.28. The lowest BCUT2D eigenvalue weighted by atomic mass is 9.78. The molecule has 1 heterocycles. The fourth-order valence-electron chi connectivity index (χ4n) is 2.00. The zero-order valence-electron chi connectivity index (χ0n) is 9.99. The molecule has 2 rings (SSSR count). The molecular formula is C11H16N2O3S. The van der Waals surface area contributed by atoms with Gasteiger partial charge in [-0.1, -0.05) is 0 Å². The van der Waals surface area contributed by atoms with Crippen molar-refractivity contribution in [2.75, 3.05) is 20.0 Å². The molecule has 0 spiro atoms. The number of esters is 1. The lowest BCUT2D eigenvalue weighted by Crippen LogP contribution is -2.41. The molecule has 5 nitrogen and oxygen atoms in total. The van der Waals surface area contributed by atoms with Gasteiger partial charge in [-0.25, -0.2) is 9.78 Å². The number of carbonyl (C=O) groups is 1. The van der Waals surface area contributed by atoms with Crippen LogP contribution >= 0.6 is 11.3 Å². The van der Waals surface area contributed by atoms with E-state index >= 15 is 0 Å². The van der Waals surface area contributed by atoms with Gasteiger partial charge in [0.25, 0.3) is 0 Å². The highest BCUT2D eigenvalue weighted by Gasteiger charge is 2.38. The molecule has 0 unspecified atom stereocenters. The number of thiazole rings is 1. The van der Waals surface area contributed by atoms with Crippen LogP contribution in [-0.2, 0) is 15.9 Å². The van der Waals surface area contributed by atoms with Crippen LogP contribution in [0.4, 0.5) is 5.00 Å². The van der Waals surface area contributed by atoms with Gasteiger partial charge >= 0.3 is 5.97 Å². The predicted octanol–water partition coefficient (Wildman–Crippen LogP) is 1.62. The first kappa shape index (κ1) is 12.3. The number of anilines is 1. The van der Waals surface area contributed by atoms with Gasteiger partial charge in [0, 0.05) is 13.5 Å². The summed E-state index contributed by atoms with van der Waals surface area (Å²) in [7, 11) is 3.04. The van der Waals surface area contributed by atoms with E-state index in [0.717, 1.165) is 24.3 Å². The zero-order valence-corrected chi connectivity index (χ0v) is 10.8. The van der Waals surface area contributed by atoms with Crippen molar-refractivity contribution < 1.29 is 14.3 Å². The van der Waals surface area contributed by atoms with E-state index in [1.54, 1.807) is 7.11 Å². The SMILES string of the molecule is COC(=O)c1nc(CC2(OC)CCC2)sc1N. The molecule has 6 heteroatoms. The number of nitrogens with zero attached hydrogens (tertiary/aromatic N) is 1. The van der Waals surface area contributed by atoms with Crippen LogP contribution in [-0.4, -0.2) is 30.8 Å². The van der Waals surface area contributed by atoms with Crippen LogP contribution < -0.4 is 5.73 Å². The summed E-state index contributed by atoms with van der Waals surface area (Å²) in [6.07, 6.45) is 3.97. The second kappa shape index (κ2) is 4.62. The molecule has 1 aliphatic rings. The van der Waals surface area contributed by atoms with Crippen LogP contribution in [0, 0.1) is 0 Å². The molecule has 94 valence electrons. The molecule has 0 saturated heterocycles. The first-order valence-electron chi connectivity index (χ1n) is 5.49. The maximum absolute atomic E-state index is 11.4. The molecule has 0 radical (unpaired) electrons. The van der Waals surface area contributed by atoms with E-state index in [9.17, 15) is 4.79 Å². The van der Waals surface area contributed by atoms with Gasteiger partial charge in [0.15, 0.2) is 5.69 Å². The highest BCUT2D eigenvalue weighted by Crippen LogP contribution is 2.39. The van der Waals surface area contributed by atoms with Crippen molar-refractivity contribution in [3.8, 4) is 0 Å². The normalized spacial score (nSPS) is 17.5. The molecule has 1 saturated carbocycles. The molecule has 0 bridgehead atoms. The van der Waals surface area contributed by atoms with Gasteiger partial charge in [-0.3, -0.25) is 0 Å². The summed E-state index contributed by atoms with van der Waals surface area (Å²) < 4.78 is 10.1. The van der Waals surface area contributed by atoms with Crippen LogP contribution in [0.25, 0.3) is 0 Å². The van der Waals surface area contributed by atoms with E-state index in [4.69, 9.17) is 10.5 Å². The second-order valence-electron chi connectivity index (χ2n) is 4.23. The molecule has 0 aliphatic heterocycles. The van der Waals surface area contributed by atoms with E-state index in [2.05, 4.69) is 9.72 Å². The molecule has 1 fully saturated rings. The van der Waals surface area contributed by atoms with E-state index in [1.165, 1.54) is 24.9 Å². The third-order valence-corrected chi connectivity index (χ3v) is 4.13. The summed E-state index contributed by atoms with van der Waals surface area (Å²) in [6.45, 7) is 0. The van der Waals surface area contributed by atoms with Gasteiger partial charge in [0.1, 0.15) is 5.00 Å². The summed E-state index contributed by atoms with van der Waals surface area (Å²) in [5.74, 6) is -0.481. The monoisotopic (exact) mass is 256 g/mol. The Balaban J connectivity index is 2.15. The van der Waals surface area contributed by atoms with Gasteiger partial charge in [-0.05, 0) is 19.3 Å². The van der Waals surface area contributed by atoms with Gasteiger partial charge in [-0.15, -0.1) is 11.3 Å². The van der Waals surface area contributed by atoms with Crippen LogP contribution in [0.3, 0.4) is 0 Å². The summed E-state index contributed by atoms with van der Waals surface area (Å²) in [5.41, 5.74) is 5.87. The number of carbonyl (C=O) groups excluding carboxylic acids is 1. The fourth-order valence-corrected chi connectivity index (χ4v) is 2.95. The zero-order chi connectivity index (χ0) is 12.5. The quantitative estimate of drug-likeness (QED) is 0.829. The number of nitrogen functional groups attached to an aromatic ring is 1. The average molecular weight is 256 g/mol. The van der Waals surface area contributed by atoms with Gasteiger partial charge in [0.05, 0.1) is 17.7 Å². The van der Waals surface area contributed by atoms with Crippen molar-refractivity contribution in [3.05, 3.63) is 10.7 Å². The number of aromatic nitrogens is 1. The minimum absolute atomic E-state index is 0.0995. The smallest absolute Gasteiger partial charge is 0.359 e. The summed E-state index contributed by atoms with van der Waals surface area (Å²) in [6, 6.07) is 0. The molecule has 1 aromatic rings. The topological polar surface area (TPSA) is 74.4 Å². The number of ether oxygens (including phenoxy) is 2. The fraction of sp³-hybridized carbons (Fsp3) is 0.636. The highest BCUT2D eigenvalue weighted by molar-refractivity contribution is 7.15. The Kier molecular flexibility index (Phi) is 3.35. The molecule has 2 N–H and O–H groups in total. The summed E-state index contributed by atoms with van der Waals surface area (Å²) in [4.78, 5) is 15.6. The minimum atomic E-state index is -0.481. The Morgan fingerprint density at radius 3 is 2.71 bits per heavy atom. The maximum Gasteiger partial charge on any atom is 0.359 e. The van der Waals surface area contributed by atoms with Crippen molar-refractivity contribution in [2.45, 2.75) is 31.3 Å². The van der Waals surface area contributed by atoms with Gasteiger partial charge in [0.2, 0.25) is 0 Å². The molecule has 1 aromatic heterocycles. The van der Waals surface area contributed by atoms with E-state index < -0.39 is 5.97 Å². The molecular weight excluding hydrogens is 240 g/mol. The number of hydrogen-bond acceptors (Lipinski definition) is 6. The van der Waals surface area contributed by atoms with Crippen LogP contribution in [0.15, 0.2) is 0 Å². The predicted molar refractivity (Wildman–Crippen MR) is 65.2 cm³/mol. The molecule has 0 amide bonds. The van der Waals surface area contributed by atoms with Crippen LogP contribution in [0.2, 0.25) is 0 Å². The standard InChI is InChI=1S/C11H16N2O3S/c1-15-10(14)8-9(12)17-7(13-8)6-11(16-2)4-3-5-11/h3-6,12H2,1-2H3. The second-order valence-corrected chi connectivity index (χ2v) is 5.34. The van der Waals surface area contributed by atoms with Crippen molar-refractivity contribution in [2.24, 2.45) is 0 Å². The lowest BCUT2D eigenvalue weighted by molar-refractivity contribution is -0.0708. The number of nitrogens with two attached hydrogens (primary N) is 1. The van der Waals surface area contributed by atoms with Crippen molar-refractivity contribution in [3.63, 3.8) is 0 Å². The van der Waals surface area contributed by atoms with Crippen molar-refractivity contribution in [1.29, 1.82) is 0 Å². The summed E-state index contributed by atoms with van der Waals surface area (Å²) in [5, 5.41) is 1.25. The number of hydrogen-bond donors (Lipinski definition) is 1. The minimum Gasteiger partial charge on any atom is -0.464 e. The molecule has 17 heavy (non-hydrogen) atoms. The Bertz CT molecular complexity index is 421. The molecule has 1 aliphatic carbocycles. The third-order valence-electron chi connectivity index (χ3n) is 3.25. The van der Waals surface area contributed by atoms with Crippen molar-refractivity contribution in [1.82, 2.24) is 4.98 Å². The largest absolute Gasteiger partial charge is 0.464 e. The number of rotatable bonds is 4. The Labute approximate surface area is 104 Å². The first-order valence-corrected chi connectivity index (χ1v) is 6.30. The lowest BCUT2D eigenvalue weighted by Gasteiger charge is -2.39. The number of methoxy groups -OCH3 is 2. The van der Waals surface area contributed by atoms with Crippen LogP contribution in [0.5, 0.6) is 0 Å². The molecule has 0 aromatic carbocycles. The van der Waals surface area contributed by atoms with Crippen LogP contribution in [0.1, 0.15) is 34.8 Å². The Morgan fingerprint density at radius 2 is 2.24 bits per heavy atom. The Morgan fingerprint density at radius 1 is 1.53 bits per heavy atom.